The van der Waals surface area contributed by atoms with E-state index in [1.807, 2.05) is 7.11 Å². The lowest BCUT2D eigenvalue weighted by Gasteiger charge is -2.14. The molecule has 0 N–H and O–H groups in total. The molecule has 0 aromatic heterocycles. The molecule has 52 valence electrons. The molecule has 0 saturated carbocycles. The van der Waals surface area contributed by atoms with Gasteiger partial charge in [-0.25, -0.2) is 9.34 Å². The molecule has 2 saturated heterocycles. The first-order valence-electron chi connectivity index (χ1n) is 3.26. The van der Waals surface area contributed by atoms with Gasteiger partial charge in [0.05, 0.1) is 0 Å². The van der Waals surface area contributed by atoms with Crippen LogP contribution in [0, 0.1) is 0 Å². The maximum Gasteiger partial charge on any atom is 0.187 e. The summed E-state index contributed by atoms with van der Waals surface area (Å²) in [6.07, 6.45) is 0. The van der Waals surface area contributed by atoms with E-state index in [-0.39, 0.29) is 8.45 Å². The van der Waals surface area contributed by atoms with Gasteiger partial charge >= 0.3 is 0 Å². The van der Waals surface area contributed by atoms with Gasteiger partial charge in [-0.1, -0.05) is 0 Å². The highest BCUT2D eigenvalue weighted by molar-refractivity contribution is 7.48. The molecule has 2 fully saturated rings. The molecule has 9 heavy (non-hydrogen) atoms. The Morgan fingerprint density at radius 3 is 1.78 bits per heavy atom. The van der Waals surface area contributed by atoms with Crippen LogP contribution in [0.5, 0.6) is 0 Å². The predicted octanol–water partition coefficient (Wildman–Crippen LogP) is 0.491. The Morgan fingerprint density at radius 2 is 1.56 bits per heavy atom. The normalized spacial score (nSPS) is 27.3. The number of nitrogens with zero attached hydrogens (tertiary/aromatic N) is 2. The van der Waals surface area contributed by atoms with E-state index in [1.54, 1.807) is 0 Å². The summed E-state index contributed by atoms with van der Waals surface area (Å²) in [5, 5.41) is 0. The average Bonchev–Trinajstić information content (AvgIpc) is 2.61. The summed E-state index contributed by atoms with van der Waals surface area (Å²) in [4.78, 5) is 0. The Hall–Kier alpha value is 0.310. The van der Waals surface area contributed by atoms with Crippen LogP contribution in [-0.2, 0) is 4.52 Å². The van der Waals surface area contributed by atoms with Crippen molar-refractivity contribution in [1.82, 2.24) is 9.34 Å². The van der Waals surface area contributed by atoms with Gasteiger partial charge < -0.3 is 4.52 Å². The average molecular weight is 146 g/mol. The molecule has 2 rings (SSSR count). The predicted molar refractivity (Wildman–Crippen MR) is 37.1 cm³/mol. The van der Waals surface area contributed by atoms with Crippen molar-refractivity contribution in [3.63, 3.8) is 0 Å². The van der Waals surface area contributed by atoms with Crippen molar-refractivity contribution in [2.45, 2.75) is 0 Å². The lowest BCUT2D eigenvalue weighted by molar-refractivity contribution is 0.414. The third-order valence-corrected chi connectivity index (χ3v) is 3.59. The van der Waals surface area contributed by atoms with Crippen LogP contribution in [0.4, 0.5) is 0 Å². The van der Waals surface area contributed by atoms with Gasteiger partial charge in [0, 0.05) is 33.3 Å². The highest BCUT2D eigenvalue weighted by Crippen LogP contribution is 2.52. The van der Waals surface area contributed by atoms with Crippen LogP contribution < -0.4 is 0 Å². The zero-order valence-electron chi connectivity index (χ0n) is 5.58. The van der Waals surface area contributed by atoms with Crippen LogP contribution in [0.1, 0.15) is 0 Å². The molecule has 0 amide bonds. The van der Waals surface area contributed by atoms with Crippen molar-refractivity contribution < 1.29 is 4.52 Å². The lowest BCUT2D eigenvalue weighted by atomic mass is 11.0. The monoisotopic (exact) mass is 146 g/mol. The third-order valence-electron chi connectivity index (χ3n) is 1.49. The fourth-order valence-electron chi connectivity index (χ4n) is 0.841. The highest BCUT2D eigenvalue weighted by atomic mass is 31.2. The van der Waals surface area contributed by atoms with Crippen LogP contribution in [0.15, 0.2) is 0 Å². The smallest absolute Gasteiger partial charge is 0.187 e. The van der Waals surface area contributed by atoms with Gasteiger partial charge in [0.1, 0.15) is 0 Å². The quantitative estimate of drug-likeness (QED) is 0.425. The van der Waals surface area contributed by atoms with E-state index in [0.29, 0.717) is 0 Å². The molecule has 0 spiro atoms. The molecule has 0 aliphatic carbocycles. The van der Waals surface area contributed by atoms with Crippen LogP contribution in [0.3, 0.4) is 0 Å². The van der Waals surface area contributed by atoms with E-state index in [9.17, 15) is 0 Å². The molecule has 2 heterocycles. The standard InChI is InChI=1S/C5H11N2OP/c1-8-9(6-2-3-6)7-4-5-7/h2-5H2,1H3. The Morgan fingerprint density at radius 1 is 1.11 bits per heavy atom. The summed E-state index contributed by atoms with van der Waals surface area (Å²) in [6, 6.07) is 0. The fraction of sp³-hybridized carbons (Fsp3) is 1.00. The largest absolute Gasteiger partial charge is 0.335 e. The van der Waals surface area contributed by atoms with Gasteiger partial charge in [-0.3, -0.25) is 0 Å². The molecule has 2 aliphatic heterocycles. The highest BCUT2D eigenvalue weighted by Gasteiger charge is 2.38. The second-order valence-electron chi connectivity index (χ2n) is 2.34. The summed E-state index contributed by atoms with van der Waals surface area (Å²) in [5.74, 6) is 0. The maximum atomic E-state index is 5.31. The van der Waals surface area contributed by atoms with Crippen LogP contribution in [0.2, 0.25) is 0 Å². The Labute approximate surface area is 56.5 Å². The van der Waals surface area contributed by atoms with Gasteiger partial charge in [-0.2, -0.15) is 0 Å². The van der Waals surface area contributed by atoms with Crippen LogP contribution in [-0.4, -0.2) is 42.6 Å². The molecule has 0 radical (unpaired) electrons. The summed E-state index contributed by atoms with van der Waals surface area (Å²) in [6.45, 7) is 4.98. The maximum absolute atomic E-state index is 5.31. The van der Waals surface area contributed by atoms with Crippen molar-refractivity contribution in [1.29, 1.82) is 0 Å². The van der Waals surface area contributed by atoms with Crippen molar-refractivity contribution in [2.75, 3.05) is 33.3 Å². The minimum atomic E-state index is -0.288. The topological polar surface area (TPSA) is 15.2 Å². The Kier molecular flexibility index (Phi) is 1.46. The molecular formula is C5H11N2OP. The first-order chi connectivity index (χ1) is 4.42. The Balaban J connectivity index is 1.85. The van der Waals surface area contributed by atoms with Gasteiger partial charge in [0.15, 0.2) is 8.45 Å². The second-order valence-corrected chi connectivity index (χ2v) is 4.34. The Bertz CT molecular complexity index is 102. The molecule has 0 unspecified atom stereocenters. The van der Waals surface area contributed by atoms with Crippen molar-refractivity contribution in [2.24, 2.45) is 0 Å². The van der Waals surface area contributed by atoms with E-state index in [1.165, 1.54) is 26.2 Å². The van der Waals surface area contributed by atoms with Gasteiger partial charge in [0.25, 0.3) is 0 Å². The molecule has 3 nitrogen and oxygen atoms in total. The summed E-state index contributed by atoms with van der Waals surface area (Å²) >= 11 is 0. The zero-order valence-corrected chi connectivity index (χ0v) is 6.47. The van der Waals surface area contributed by atoms with E-state index < -0.39 is 0 Å². The molecule has 0 aromatic carbocycles. The zero-order chi connectivity index (χ0) is 6.27. The van der Waals surface area contributed by atoms with E-state index in [0.717, 1.165) is 0 Å². The lowest BCUT2D eigenvalue weighted by Crippen LogP contribution is -1.98. The van der Waals surface area contributed by atoms with Crippen molar-refractivity contribution >= 4 is 8.45 Å². The fourth-order valence-corrected chi connectivity index (χ4v) is 2.52. The molecular weight excluding hydrogens is 135 g/mol. The van der Waals surface area contributed by atoms with Gasteiger partial charge in [-0.15, -0.1) is 0 Å². The molecule has 0 atom stereocenters. The summed E-state index contributed by atoms with van der Waals surface area (Å²) in [7, 11) is 1.52. The van der Waals surface area contributed by atoms with Crippen LogP contribution >= 0.6 is 8.45 Å². The number of rotatable bonds is 3. The second kappa shape index (κ2) is 2.17. The summed E-state index contributed by atoms with van der Waals surface area (Å²) < 4.78 is 10.1. The van der Waals surface area contributed by atoms with Gasteiger partial charge in [-0.05, 0) is 0 Å². The SMILES string of the molecule is COP(N1CC1)N1CC1. The minimum Gasteiger partial charge on any atom is -0.335 e. The van der Waals surface area contributed by atoms with Gasteiger partial charge in [0.2, 0.25) is 0 Å². The molecule has 4 heteroatoms. The first-order valence-corrected chi connectivity index (χ1v) is 4.42. The molecule has 0 bridgehead atoms. The number of hydrogen-bond acceptors (Lipinski definition) is 3. The van der Waals surface area contributed by atoms with Crippen molar-refractivity contribution in [3.05, 3.63) is 0 Å². The molecule has 2 aliphatic rings. The van der Waals surface area contributed by atoms with E-state index >= 15 is 0 Å². The van der Waals surface area contributed by atoms with E-state index in [4.69, 9.17) is 4.52 Å². The summed E-state index contributed by atoms with van der Waals surface area (Å²) in [5.41, 5.74) is 0. The van der Waals surface area contributed by atoms with Crippen molar-refractivity contribution in [3.8, 4) is 0 Å². The van der Waals surface area contributed by atoms with E-state index in [2.05, 4.69) is 9.34 Å². The van der Waals surface area contributed by atoms with Crippen LogP contribution in [0.25, 0.3) is 0 Å². The third kappa shape index (κ3) is 1.24. The molecule has 0 aromatic rings. The number of hydrogen-bond donors (Lipinski definition) is 0. The minimum absolute atomic E-state index is 0.288. The first kappa shape index (κ1) is 6.05.